The van der Waals surface area contributed by atoms with Crippen LogP contribution >= 0.6 is 11.6 Å². The number of halogens is 1. The Labute approximate surface area is 109 Å². The highest BCUT2D eigenvalue weighted by atomic mass is 35.5. The first-order chi connectivity index (χ1) is 8.58. The van der Waals surface area contributed by atoms with E-state index in [2.05, 4.69) is 4.98 Å². The van der Waals surface area contributed by atoms with E-state index in [0.29, 0.717) is 12.4 Å². The molecule has 0 aliphatic heterocycles. The van der Waals surface area contributed by atoms with E-state index in [0.717, 1.165) is 5.56 Å². The molecule has 6 heteroatoms. The Balaban J connectivity index is 2.22. The molecule has 18 heavy (non-hydrogen) atoms. The number of hydrogen-bond donors (Lipinski definition) is 1. The maximum Gasteiger partial charge on any atom is 0.337 e. The zero-order valence-electron chi connectivity index (χ0n) is 9.63. The van der Waals surface area contributed by atoms with E-state index in [9.17, 15) is 4.79 Å². The van der Waals surface area contributed by atoms with Crippen LogP contribution in [0.2, 0.25) is 5.02 Å². The average Bonchev–Trinajstić information content (AvgIpc) is 2.81. The summed E-state index contributed by atoms with van der Waals surface area (Å²) in [6.45, 7) is 0.574. The summed E-state index contributed by atoms with van der Waals surface area (Å²) in [6, 6.07) is 3.29. The largest absolute Gasteiger partial charge is 0.478 e. The molecule has 0 bridgehead atoms. The van der Waals surface area contributed by atoms with Crippen molar-refractivity contribution in [2.24, 2.45) is 0 Å². The lowest BCUT2D eigenvalue weighted by Crippen LogP contribution is -2.18. The summed E-state index contributed by atoms with van der Waals surface area (Å²) in [7, 11) is 1.81. The lowest BCUT2D eigenvalue weighted by atomic mass is 10.2. The van der Waals surface area contributed by atoms with Crippen molar-refractivity contribution in [3.8, 4) is 0 Å². The number of aromatic nitrogens is 1. The number of carbonyl (C=O) groups is 1. The van der Waals surface area contributed by atoms with Gasteiger partial charge in [-0.1, -0.05) is 11.6 Å². The van der Waals surface area contributed by atoms with Crippen molar-refractivity contribution in [3.63, 3.8) is 0 Å². The number of carboxylic acid groups (broad SMARTS) is 1. The molecule has 0 radical (unpaired) electrons. The molecule has 2 aromatic rings. The third kappa shape index (κ3) is 2.62. The van der Waals surface area contributed by atoms with Gasteiger partial charge in [0.2, 0.25) is 0 Å². The molecule has 94 valence electrons. The Morgan fingerprint density at radius 1 is 1.61 bits per heavy atom. The average molecular weight is 267 g/mol. The Morgan fingerprint density at radius 3 is 3.00 bits per heavy atom. The minimum Gasteiger partial charge on any atom is -0.478 e. The molecule has 0 aromatic carbocycles. The van der Waals surface area contributed by atoms with Gasteiger partial charge in [0, 0.05) is 25.4 Å². The fourth-order valence-corrected chi connectivity index (χ4v) is 1.72. The van der Waals surface area contributed by atoms with E-state index in [1.807, 2.05) is 18.0 Å². The fraction of sp³-hybridized carbons (Fsp3) is 0.167. The summed E-state index contributed by atoms with van der Waals surface area (Å²) in [6.07, 6.45) is 4.55. The molecule has 0 atom stereocenters. The Bertz CT molecular complexity index is 554. The van der Waals surface area contributed by atoms with Crippen molar-refractivity contribution in [2.45, 2.75) is 6.54 Å². The van der Waals surface area contributed by atoms with Crippen LogP contribution in [0.1, 0.15) is 15.9 Å². The number of rotatable bonds is 4. The summed E-state index contributed by atoms with van der Waals surface area (Å²) in [5, 5.41) is 9.11. The molecule has 0 saturated heterocycles. The van der Waals surface area contributed by atoms with Gasteiger partial charge in [-0.25, -0.2) is 9.78 Å². The van der Waals surface area contributed by atoms with Gasteiger partial charge in [-0.2, -0.15) is 0 Å². The molecular weight excluding hydrogens is 256 g/mol. The SMILES string of the molecule is CN(Cc1ccoc1)c1cc(C(=O)O)c(Cl)cn1. The minimum absolute atomic E-state index is 0.0423. The topological polar surface area (TPSA) is 66.6 Å². The maximum atomic E-state index is 11.0. The van der Waals surface area contributed by atoms with Crippen LogP contribution in [-0.4, -0.2) is 23.1 Å². The van der Waals surface area contributed by atoms with Crippen LogP contribution in [0, 0.1) is 0 Å². The molecule has 1 N–H and O–H groups in total. The summed E-state index contributed by atoms with van der Waals surface area (Å²) >= 11 is 5.76. The lowest BCUT2D eigenvalue weighted by molar-refractivity contribution is 0.0697. The summed E-state index contributed by atoms with van der Waals surface area (Å²) in [5.41, 5.74) is 1.02. The number of hydrogen-bond acceptors (Lipinski definition) is 4. The minimum atomic E-state index is -1.07. The van der Waals surface area contributed by atoms with Crippen LogP contribution in [0.3, 0.4) is 0 Å². The third-order valence-electron chi connectivity index (χ3n) is 2.46. The van der Waals surface area contributed by atoms with Crippen molar-refractivity contribution < 1.29 is 14.3 Å². The smallest absolute Gasteiger partial charge is 0.337 e. The molecular formula is C12H11ClN2O3. The van der Waals surface area contributed by atoms with Crippen molar-refractivity contribution in [1.82, 2.24) is 4.98 Å². The number of aromatic carboxylic acids is 1. The predicted octanol–water partition coefficient (Wildman–Crippen LogP) is 2.66. The number of anilines is 1. The Kier molecular flexibility index (Phi) is 3.53. The van der Waals surface area contributed by atoms with Gasteiger partial charge in [0.05, 0.1) is 23.1 Å². The Hall–Kier alpha value is -2.01. The van der Waals surface area contributed by atoms with E-state index in [1.165, 1.54) is 12.3 Å². The molecule has 5 nitrogen and oxygen atoms in total. The molecule has 2 heterocycles. The number of carboxylic acids is 1. The van der Waals surface area contributed by atoms with Gasteiger partial charge in [-0.15, -0.1) is 0 Å². The van der Waals surface area contributed by atoms with E-state index < -0.39 is 5.97 Å². The van der Waals surface area contributed by atoms with Gasteiger partial charge in [0.25, 0.3) is 0 Å². The first-order valence-electron chi connectivity index (χ1n) is 5.19. The number of pyridine rings is 1. The van der Waals surface area contributed by atoms with Crippen LogP contribution in [0.4, 0.5) is 5.82 Å². The normalized spacial score (nSPS) is 10.3. The quantitative estimate of drug-likeness (QED) is 0.921. The van der Waals surface area contributed by atoms with Crippen LogP contribution in [0.15, 0.2) is 35.3 Å². The van der Waals surface area contributed by atoms with E-state index in [1.54, 1.807) is 12.5 Å². The number of furan rings is 1. The summed E-state index contributed by atoms with van der Waals surface area (Å²) in [5.74, 6) is -0.529. The highest BCUT2D eigenvalue weighted by Crippen LogP contribution is 2.21. The summed E-state index contributed by atoms with van der Waals surface area (Å²) < 4.78 is 4.97. The van der Waals surface area contributed by atoms with Gasteiger partial charge in [-0.05, 0) is 12.1 Å². The first kappa shape index (κ1) is 12.4. The molecule has 0 unspecified atom stereocenters. The maximum absolute atomic E-state index is 11.0. The highest BCUT2D eigenvalue weighted by Gasteiger charge is 2.13. The monoisotopic (exact) mass is 266 g/mol. The predicted molar refractivity (Wildman–Crippen MR) is 67.0 cm³/mol. The molecule has 0 spiro atoms. The zero-order valence-corrected chi connectivity index (χ0v) is 10.4. The van der Waals surface area contributed by atoms with Crippen molar-refractivity contribution in [3.05, 3.63) is 47.0 Å². The van der Waals surface area contributed by atoms with Crippen LogP contribution in [0.5, 0.6) is 0 Å². The molecule has 2 aromatic heterocycles. The second-order valence-electron chi connectivity index (χ2n) is 3.82. The second kappa shape index (κ2) is 5.10. The van der Waals surface area contributed by atoms with E-state index in [-0.39, 0.29) is 10.6 Å². The zero-order chi connectivity index (χ0) is 13.1. The highest BCUT2D eigenvalue weighted by molar-refractivity contribution is 6.33. The molecule has 0 aliphatic carbocycles. The lowest BCUT2D eigenvalue weighted by Gasteiger charge is -2.17. The molecule has 2 rings (SSSR count). The van der Waals surface area contributed by atoms with Gasteiger partial charge >= 0.3 is 5.97 Å². The van der Waals surface area contributed by atoms with Crippen LogP contribution < -0.4 is 4.90 Å². The number of nitrogens with zero attached hydrogens (tertiary/aromatic N) is 2. The first-order valence-corrected chi connectivity index (χ1v) is 5.57. The molecule has 0 aliphatic rings. The van der Waals surface area contributed by atoms with Gasteiger partial charge in [0.1, 0.15) is 5.82 Å². The molecule has 0 fully saturated rings. The Morgan fingerprint density at radius 2 is 2.39 bits per heavy atom. The van der Waals surface area contributed by atoms with Crippen LogP contribution in [-0.2, 0) is 6.54 Å². The van der Waals surface area contributed by atoms with Crippen LogP contribution in [0.25, 0.3) is 0 Å². The van der Waals surface area contributed by atoms with E-state index >= 15 is 0 Å². The van der Waals surface area contributed by atoms with Crippen molar-refractivity contribution in [1.29, 1.82) is 0 Å². The van der Waals surface area contributed by atoms with Gasteiger partial charge < -0.3 is 14.4 Å². The second-order valence-corrected chi connectivity index (χ2v) is 4.22. The summed E-state index contributed by atoms with van der Waals surface area (Å²) in [4.78, 5) is 16.9. The standard InChI is InChI=1S/C12H11ClN2O3/c1-15(6-8-2-3-18-7-8)11-4-9(12(16)17)10(13)5-14-11/h2-5,7H,6H2,1H3,(H,16,17). The molecule has 0 saturated carbocycles. The van der Waals surface area contributed by atoms with E-state index in [4.69, 9.17) is 21.1 Å². The fourth-order valence-electron chi connectivity index (χ4n) is 1.54. The molecule has 0 amide bonds. The van der Waals surface area contributed by atoms with Crippen molar-refractivity contribution in [2.75, 3.05) is 11.9 Å². The van der Waals surface area contributed by atoms with Gasteiger partial charge in [0.15, 0.2) is 0 Å². The third-order valence-corrected chi connectivity index (χ3v) is 2.76. The van der Waals surface area contributed by atoms with Crippen molar-refractivity contribution >= 4 is 23.4 Å². The van der Waals surface area contributed by atoms with Gasteiger partial charge in [-0.3, -0.25) is 0 Å².